The molecule has 0 aromatic heterocycles. The van der Waals surface area contributed by atoms with Crippen molar-refractivity contribution in [3.8, 4) is 5.75 Å². The molecule has 1 aliphatic heterocycles. The number of carbonyl (C=O) groups is 2. The third-order valence-electron chi connectivity index (χ3n) is 3.82. The number of rotatable bonds is 2. The summed E-state index contributed by atoms with van der Waals surface area (Å²) >= 11 is 5.96. The Morgan fingerprint density at radius 3 is 2.77 bits per heavy atom. The van der Waals surface area contributed by atoms with Gasteiger partial charge in [0.2, 0.25) is 11.8 Å². The van der Waals surface area contributed by atoms with Gasteiger partial charge in [-0.15, -0.1) is 0 Å². The lowest BCUT2D eigenvalue weighted by Gasteiger charge is -2.22. The molecule has 1 saturated heterocycles. The van der Waals surface area contributed by atoms with Crippen LogP contribution in [0.4, 0.5) is 0 Å². The zero-order valence-corrected chi connectivity index (χ0v) is 12.3. The number of phenolic OH excluding ortho intramolecular Hbond substituents is 1. The topological polar surface area (TPSA) is 90.2 Å². The van der Waals surface area contributed by atoms with E-state index in [2.05, 4.69) is 5.32 Å². The number of phenols is 1. The number of halogens is 1. The van der Waals surface area contributed by atoms with Crippen LogP contribution in [-0.4, -0.2) is 22.6 Å². The quantitative estimate of drug-likeness (QED) is 0.587. The van der Waals surface area contributed by atoms with E-state index in [9.17, 15) is 14.7 Å². The summed E-state index contributed by atoms with van der Waals surface area (Å²) in [6.45, 7) is 0. The van der Waals surface area contributed by atoms with E-state index in [1.54, 1.807) is 24.3 Å². The van der Waals surface area contributed by atoms with Crippen molar-refractivity contribution in [2.45, 2.75) is 12.8 Å². The van der Waals surface area contributed by atoms with Crippen LogP contribution in [0, 0.1) is 11.3 Å². The summed E-state index contributed by atoms with van der Waals surface area (Å²) in [6, 6.07) is 8.31. The fraction of sp³-hybridized carbons (Fsp3) is 0.188. The van der Waals surface area contributed by atoms with Gasteiger partial charge in [-0.2, -0.15) is 0 Å². The maximum Gasteiger partial charge on any atom is 0.235 e. The summed E-state index contributed by atoms with van der Waals surface area (Å²) in [5.41, 5.74) is 0.319. The van der Waals surface area contributed by atoms with Gasteiger partial charge in [-0.1, -0.05) is 23.7 Å². The molecule has 0 saturated carbocycles. The molecule has 1 fully saturated rings. The minimum atomic E-state index is -0.745. The highest BCUT2D eigenvalue weighted by atomic mass is 35.5. The van der Waals surface area contributed by atoms with E-state index in [0.717, 1.165) is 5.39 Å². The van der Waals surface area contributed by atoms with E-state index in [0.29, 0.717) is 16.0 Å². The molecular weight excluding hydrogens is 304 g/mol. The smallest absolute Gasteiger partial charge is 0.235 e. The van der Waals surface area contributed by atoms with Crippen LogP contribution in [0.2, 0.25) is 5.02 Å². The maximum absolute atomic E-state index is 11.9. The van der Waals surface area contributed by atoms with Crippen molar-refractivity contribution >= 4 is 39.9 Å². The largest absolute Gasteiger partial charge is 0.507 e. The van der Waals surface area contributed by atoms with Crippen molar-refractivity contribution in [1.29, 1.82) is 5.41 Å². The van der Waals surface area contributed by atoms with Crippen LogP contribution in [0.3, 0.4) is 0 Å². The molecule has 2 aromatic rings. The monoisotopic (exact) mass is 316 g/mol. The first kappa shape index (κ1) is 14.5. The lowest BCUT2D eigenvalue weighted by atomic mass is 9.86. The standard InChI is InChI=1S/C16H13ClN2O3/c17-9-2-3-10-8(7-9)1-5-12(20)14(10)15(18)11-4-6-13(21)19-16(11)22/h1-3,5,7,11,18,20H,4,6H2,(H,19,21,22). The van der Waals surface area contributed by atoms with Crippen LogP contribution < -0.4 is 5.32 Å². The summed E-state index contributed by atoms with van der Waals surface area (Å²) in [5, 5.41) is 22.7. The van der Waals surface area contributed by atoms with Crippen LogP contribution in [0.15, 0.2) is 30.3 Å². The normalized spacial score (nSPS) is 18.3. The number of hydrogen-bond donors (Lipinski definition) is 3. The van der Waals surface area contributed by atoms with Gasteiger partial charge < -0.3 is 10.5 Å². The minimum absolute atomic E-state index is 0.00965. The SMILES string of the molecule is N=C(c1c(O)ccc2cc(Cl)ccc12)C1CCC(=O)NC1=O. The van der Waals surface area contributed by atoms with E-state index in [4.69, 9.17) is 17.0 Å². The molecule has 1 atom stereocenters. The molecule has 0 radical (unpaired) electrons. The van der Waals surface area contributed by atoms with Crippen molar-refractivity contribution in [1.82, 2.24) is 5.32 Å². The van der Waals surface area contributed by atoms with Gasteiger partial charge in [-0.3, -0.25) is 14.9 Å². The van der Waals surface area contributed by atoms with Gasteiger partial charge in [0.1, 0.15) is 5.75 Å². The average molecular weight is 317 g/mol. The van der Waals surface area contributed by atoms with E-state index >= 15 is 0 Å². The Labute approximate surface area is 131 Å². The number of nitrogens with one attached hydrogen (secondary N) is 2. The summed E-state index contributed by atoms with van der Waals surface area (Å²) in [7, 11) is 0. The number of amides is 2. The maximum atomic E-state index is 11.9. The highest BCUT2D eigenvalue weighted by molar-refractivity contribution is 6.31. The fourth-order valence-electron chi connectivity index (χ4n) is 2.72. The first-order chi connectivity index (χ1) is 10.5. The third kappa shape index (κ3) is 2.44. The van der Waals surface area contributed by atoms with Gasteiger partial charge in [0.05, 0.1) is 11.6 Å². The molecule has 0 aliphatic carbocycles. The van der Waals surface area contributed by atoms with E-state index in [1.165, 1.54) is 6.07 Å². The molecular formula is C16H13ClN2O3. The van der Waals surface area contributed by atoms with Crippen molar-refractivity contribution in [2.24, 2.45) is 5.92 Å². The molecule has 6 heteroatoms. The highest BCUT2D eigenvalue weighted by Gasteiger charge is 2.32. The van der Waals surface area contributed by atoms with Crippen molar-refractivity contribution in [2.75, 3.05) is 0 Å². The lowest BCUT2D eigenvalue weighted by Crippen LogP contribution is -2.43. The molecule has 112 valence electrons. The average Bonchev–Trinajstić information content (AvgIpc) is 2.47. The summed E-state index contributed by atoms with van der Waals surface area (Å²) < 4.78 is 0. The minimum Gasteiger partial charge on any atom is -0.507 e. The summed E-state index contributed by atoms with van der Waals surface area (Å²) in [4.78, 5) is 23.2. The number of hydrogen-bond acceptors (Lipinski definition) is 4. The van der Waals surface area contributed by atoms with Gasteiger partial charge in [-0.25, -0.2) is 0 Å². The van der Waals surface area contributed by atoms with Crippen LogP contribution in [0.1, 0.15) is 18.4 Å². The predicted molar refractivity (Wildman–Crippen MR) is 83.3 cm³/mol. The molecule has 22 heavy (non-hydrogen) atoms. The number of piperidine rings is 1. The van der Waals surface area contributed by atoms with Gasteiger partial charge in [0, 0.05) is 17.0 Å². The number of fused-ring (bicyclic) bond motifs is 1. The number of carbonyl (C=O) groups excluding carboxylic acids is 2. The summed E-state index contributed by atoms with van der Waals surface area (Å²) in [6.07, 6.45) is 0.461. The van der Waals surface area contributed by atoms with Crippen molar-refractivity contribution in [3.63, 3.8) is 0 Å². The molecule has 5 nitrogen and oxygen atoms in total. The second kappa shape index (κ2) is 5.42. The van der Waals surface area contributed by atoms with Crippen LogP contribution >= 0.6 is 11.6 Å². The Bertz CT molecular complexity index is 816. The van der Waals surface area contributed by atoms with E-state index < -0.39 is 11.8 Å². The number of benzene rings is 2. The molecule has 3 rings (SSSR count). The number of aromatic hydroxyl groups is 1. The lowest BCUT2D eigenvalue weighted by molar-refractivity contribution is -0.134. The molecule has 1 aliphatic rings. The van der Waals surface area contributed by atoms with Crippen molar-refractivity contribution in [3.05, 3.63) is 40.9 Å². The predicted octanol–water partition coefficient (Wildman–Crippen LogP) is 2.62. The van der Waals surface area contributed by atoms with Crippen molar-refractivity contribution < 1.29 is 14.7 Å². The zero-order valence-electron chi connectivity index (χ0n) is 11.5. The second-order valence-electron chi connectivity index (χ2n) is 5.24. The molecule has 0 spiro atoms. The Morgan fingerprint density at radius 2 is 2.05 bits per heavy atom. The Morgan fingerprint density at radius 1 is 1.27 bits per heavy atom. The van der Waals surface area contributed by atoms with Gasteiger partial charge >= 0.3 is 0 Å². The molecule has 2 aromatic carbocycles. The number of imide groups is 1. The Kier molecular flexibility index (Phi) is 3.58. The van der Waals surface area contributed by atoms with Crippen LogP contribution in [-0.2, 0) is 9.59 Å². The second-order valence-corrected chi connectivity index (χ2v) is 5.68. The van der Waals surface area contributed by atoms with Crippen LogP contribution in [0.25, 0.3) is 10.8 Å². The first-order valence-corrected chi connectivity index (χ1v) is 7.19. The molecule has 1 heterocycles. The van der Waals surface area contributed by atoms with E-state index in [1.807, 2.05) is 0 Å². The summed E-state index contributed by atoms with van der Waals surface area (Å²) in [5.74, 6) is -1.64. The fourth-order valence-corrected chi connectivity index (χ4v) is 2.90. The third-order valence-corrected chi connectivity index (χ3v) is 4.05. The molecule has 1 unspecified atom stereocenters. The molecule has 2 amide bonds. The van der Waals surface area contributed by atoms with Crippen LogP contribution in [0.5, 0.6) is 5.75 Å². The van der Waals surface area contributed by atoms with Gasteiger partial charge in [0.15, 0.2) is 0 Å². The highest BCUT2D eigenvalue weighted by Crippen LogP contribution is 2.32. The Balaban J connectivity index is 2.09. The Hall–Kier alpha value is -2.40. The van der Waals surface area contributed by atoms with Gasteiger partial charge in [-0.05, 0) is 35.4 Å². The van der Waals surface area contributed by atoms with E-state index in [-0.39, 0.29) is 30.2 Å². The first-order valence-electron chi connectivity index (χ1n) is 6.81. The van der Waals surface area contributed by atoms with Gasteiger partial charge in [0.25, 0.3) is 0 Å². The zero-order chi connectivity index (χ0) is 15.9. The molecule has 3 N–H and O–H groups in total. The molecule has 0 bridgehead atoms.